The monoisotopic (exact) mass is 421 g/mol. The first-order valence-corrected chi connectivity index (χ1v) is 10.7. The van der Waals surface area contributed by atoms with Crippen LogP contribution in [0.3, 0.4) is 0 Å². The Kier molecular flexibility index (Phi) is 6.10. The van der Waals surface area contributed by atoms with Crippen molar-refractivity contribution >= 4 is 44.4 Å². The van der Waals surface area contributed by atoms with Crippen LogP contribution >= 0.6 is 11.7 Å². The molecular weight excluding hydrogens is 402 g/mol. The average molecular weight is 422 g/mol. The first-order chi connectivity index (χ1) is 13.5. The molecule has 1 heterocycles. The molecule has 10 heteroatoms. The van der Waals surface area contributed by atoms with Gasteiger partial charge in [0.05, 0.1) is 37.6 Å². The largest absolute Gasteiger partial charge is 0.497 e. The van der Waals surface area contributed by atoms with E-state index in [0.29, 0.717) is 22.5 Å². The van der Waals surface area contributed by atoms with E-state index in [0.717, 1.165) is 11.7 Å². The SMILES string of the molecule is CCOC(=O)CCN(c1ccc(OC)cc1)S(=O)(=O)c1cccc2nsnc12. The quantitative estimate of drug-likeness (QED) is 0.516. The van der Waals surface area contributed by atoms with Gasteiger partial charge >= 0.3 is 5.97 Å². The number of nitrogens with zero attached hydrogens (tertiary/aromatic N) is 3. The molecule has 0 aliphatic rings. The van der Waals surface area contributed by atoms with Crippen LogP contribution in [0.5, 0.6) is 5.75 Å². The maximum atomic E-state index is 13.4. The van der Waals surface area contributed by atoms with Gasteiger partial charge in [-0.25, -0.2) is 8.42 Å². The molecule has 3 rings (SSSR count). The van der Waals surface area contributed by atoms with Crippen LogP contribution in [-0.4, -0.2) is 43.4 Å². The third kappa shape index (κ3) is 4.07. The molecule has 0 bridgehead atoms. The number of carbonyl (C=O) groups excluding carboxylic acids is 1. The number of esters is 1. The molecule has 0 aliphatic heterocycles. The zero-order valence-electron chi connectivity index (χ0n) is 15.4. The lowest BCUT2D eigenvalue weighted by Crippen LogP contribution is -2.33. The van der Waals surface area contributed by atoms with Crippen molar-refractivity contribution in [2.45, 2.75) is 18.2 Å². The molecule has 28 heavy (non-hydrogen) atoms. The molecule has 0 radical (unpaired) electrons. The second-order valence-corrected chi connectivity index (χ2v) is 8.08. The first-order valence-electron chi connectivity index (χ1n) is 8.51. The number of anilines is 1. The molecule has 0 saturated heterocycles. The number of benzene rings is 2. The third-order valence-corrected chi connectivity index (χ3v) is 6.40. The standard InChI is InChI=1S/C18H19N3O5S2/c1-3-26-17(22)11-12-21(13-7-9-14(25-2)10-8-13)28(23,24)16-6-4-5-15-18(16)20-27-19-15/h4-10H,3,11-12H2,1-2H3. The molecule has 2 aromatic carbocycles. The molecule has 0 unspecified atom stereocenters. The van der Waals surface area contributed by atoms with Gasteiger partial charge in [-0.05, 0) is 43.3 Å². The van der Waals surface area contributed by atoms with Gasteiger partial charge in [0.25, 0.3) is 10.0 Å². The van der Waals surface area contributed by atoms with E-state index in [1.807, 2.05) is 0 Å². The van der Waals surface area contributed by atoms with Crippen LogP contribution in [-0.2, 0) is 19.6 Å². The number of sulfonamides is 1. The molecule has 0 N–H and O–H groups in total. The Labute approximate surface area is 167 Å². The predicted molar refractivity (Wildman–Crippen MR) is 106 cm³/mol. The smallest absolute Gasteiger partial charge is 0.307 e. The Hall–Kier alpha value is -2.72. The number of aromatic nitrogens is 2. The lowest BCUT2D eigenvalue weighted by atomic mass is 10.3. The zero-order valence-corrected chi connectivity index (χ0v) is 17.0. The van der Waals surface area contributed by atoms with Gasteiger partial charge < -0.3 is 9.47 Å². The predicted octanol–water partition coefficient (Wildman–Crippen LogP) is 2.85. The van der Waals surface area contributed by atoms with Crippen molar-refractivity contribution in [2.75, 3.05) is 24.6 Å². The summed E-state index contributed by atoms with van der Waals surface area (Å²) in [5.41, 5.74) is 1.22. The first kappa shape index (κ1) is 20.0. The van der Waals surface area contributed by atoms with E-state index in [1.54, 1.807) is 43.3 Å². The Bertz CT molecular complexity index is 1060. The van der Waals surface area contributed by atoms with Gasteiger partial charge in [-0.3, -0.25) is 9.10 Å². The summed E-state index contributed by atoms with van der Waals surface area (Å²) in [7, 11) is -2.46. The van der Waals surface area contributed by atoms with Crippen LogP contribution in [0.2, 0.25) is 0 Å². The molecular formula is C18H19N3O5S2. The zero-order chi connectivity index (χ0) is 20.1. The normalized spacial score (nSPS) is 11.4. The number of hydrogen-bond donors (Lipinski definition) is 0. The fourth-order valence-electron chi connectivity index (χ4n) is 2.67. The Morgan fingerprint density at radius 1 is 1.14 bits per heavy atom. The van der Waals surface area contributed by atoms with Crippen molar-refractivity contribution in [1.29, 1.82) is 0 Å². The minimum absolute atomic E-state index is 0.0402. The number of rotatable bonds is 8. The highest BCUT2D eigenvalue weighted by Gasteiger charge is 2.28. The van der Waals surface area contributed by atoms with Gasteiger partial charge in [0.1, 0.15) is 21.7 Å². The van der Waals surface area contributed by atoms with Crippen molar-refractivity contribution in [1.82, 2.24) is 8.75 Å². The number of carbonyl (C=O) groups is 1. The number of fused-ring (bicyclic) bond motifs is 1. The highest BCUT2D eigenvalue weighted by molar-refractivity contribution is 7.93. The summed E-state index contributed by atoms with van der Waals surface area (Å²) in [5.74, 6) is 0.127. The fraction of sp³-hybridized carbons (Fsp3) is 0.278. The van der Waals surface area contributed by atoms with Crippen molar-refractivity contribution in [2.24, 2.45) is 0 Å². The maximum Gasteiger partial charge on any atom is 0.307 e. The fourth-order valence-corrected chi connectivity index (χ4v) is 4.89. The van der Waals surface area contributed by atoms with E-state index in [4.69, 9.17) is 9.47 Å². The van der Waals surface area contributed by atoms with Crippen LogP contribution in [0.25, 0.3) is 11.0 Å². The van der Waals surface area contributed by atoms with E-state index >= 15 is 0 Å². The molecule has 3 aromatic rings. The highest BCUT2D eigenvalue weighted by atomic mass is 32.2. The summed E-state index contributed by atoms with van der Waals surface area (Å²) in [4.78, 5) is 11.9. The van der Waals surface area contributed by atoms with Crippen LogP contribution in [0.1, 0.15) is 13.3 Å². The van der Waals surface area contributed by atoms with Crippen LogP contribution in [0, 0.1) is 0 Å². The van der Waals surface area contributed by atoms with Gasteiger partial charge in [-0.1, -0.05) is 6.07 Å². The summed E-state index contributed by atoms with van der Waals surface area (Å²) < 4.78 is 46.4. The molecule has 0 aliphatic carbocycles. The Morgan fingerprint density at radius 2 is 1.89 bits per heavy atom. The van der Waals surface area contributed by atoms with Gasteiger partial charge in [0, 0.05) is 6.54 Å². The van der Waals surface area contributed by atoms with Crippen molar-refractivity contribution in [3.05, 3.63) is 42.5 Å². The molecule has 0 amide bonds. The molecule has 0 atom stereocenters. The van der Waals surface area contributed by atoms with E-state index < -0.39 is 16.0 Å². The topological polar surface area (TPSA) is 98.7 Å². The van der Waals surface area contributed by atoms with Gasteiger partial charge in [-0.2, -0.15) is 8.75 Å². The van der Waals surface area contributed by atoms with Crippen LogP contribution in [0.15, 0.2) is 47.4 Å². The average Bonchev–Trinajstić information content (AvgIpc) is 3.17. The molecule has 148 valence electrons. The van der Waals surface area contributed by atoms with Gasteiger partial charge in [0.15, 0.2) is 0 Å². The lowest BCUT2D eigenvalue weighted by molar-refractivity contribution is -0.142. The number of methoxy groups -OCH3 is 1. The summed E-state index contributed by atoms with van der Waals surface area (Å²) in [5, 5.41) is 0. The maximum absolute atomic E-state index is 13.4. The number of ether oxygens (including phenoxy) is 2. The summed E-state index contributed by atoms with van der Waals surface area (Å²) in [6, 6.07) is 11.4. The van der Waals surface area contributed by atoms with E-state index in [2.05, 4.69) is 8.75 Å². The van der Waals surface area contributed by atoms with E-state index in [9.17, 15) is 13.2 Å². The number of hydrogen-bond acceptors (Lipinski definition) is 8. The molecule has 0 saturated carbocycles. The minimum atomic E-state index is -3.99. The molecule has 1 aromatic heterocycles. The van der Waals surface area contributed by atoms with Crippen LogP contribution in [0.4, 0.5) is 5.69 Å². The lowest BCUT2D eigenvalue weighted by Gasteiger charge is -2.24. The second-order valence-electron chi connectivity index (χ2n) is 5.72. The van der Waals surface area contributed by atoms with Crippen molar-refractivity contribution in [3.63, 3.8) is 0 Å². The van der Waals surface area contributed by atoms with Crippen molar-refractivity contribution < 1.29 is 22.7 Å². The molecule has 8 nitrogen and oxygen atoms in total. The van der Waals surface area contributed by atoms with E-state index in [1.165, 1.54) is 17.5 Å². The summed E-state index contributed by atoms with van der Waals surface area (Å²) >= 11 is 0.947. The summed E-state index contributed by atoms with van der Waals surface area (Å²) in [6.45, 7) is 1.87. The summed E-state index contributed by atoms with van der Waals surface area (Å²) in [6.07, 6.45) is -0.0790. The molecule has 0 spiro atoms. The molecule has 0 fully saturated rings. The Balaban J connectivity index is 2.03. The van der Waals surface area contributed by atoms with Gasteiger partial charge in [-0.15, -0.1) is 0 Å². The third-order valence-electron chi connectivity index (χ3n) is 4.00. The van der Waals surface area contributed by atoms with Crippen LogP contribution < -0.4 is 9.04 Å². The van der Waals surface area contributed by atoms with Gasteiger partial charge in [0.2, 0.25) is 0 Å². The van der Waals surface area contributed by atoms with E-state index in [-0.39, 0.29) is 24.5 Å². The highest BCUT2D eigenvalue weighted by Crippen LogP contribution is 2.29. The Morgan fingerprint density at radius 3 is 2.57 bits per heavy atom. The minimum Gasteiger partial charge on any atom is -0.497 e. The second kappa shape index (κ2) is 8.53. The van der Waals surface area contributed by atoms with Crippen molar-refractivity contribution in [3.8, 4) is 5.75 Å².